The number of ether oxygens (including phenoxy) is 1. The molecule has 1 aromatic rings. The van der Waals surface area contributed by atoms with Gasteiger partial charge in [0, 0.05) is 13.0 Å². The highest BCUT2D eigenvalue weighted by Gasteiger charge is 2.15. The molecular weight excluding hydrogens is 284 g/mol. The highest BCUT2D eigenvalue weighted by Crippen LogP contribution is 2.03. The minimum absolute atomic E-state index is 0.211. The van der Waals surface area contributed by atoms with Crippen molar-refractivity contribution in [1.82, 2.24) is 10.6 Å². The van der Waals surface area contributed by atoms with Crippen LogP contribution in [-0.2, 0) is 25.5 Å². The number of benzene rings is 1. The summed E-state index contributed by atoms with van der Waals surface area (Å²) in [6, 6.07) is 8.90. The topological polar surface area (TPSA) is 84.5 Å². The second-order valence-electron chi connectivity index (χ2n) is 4.83. The summed E-state index contributed by atoms with van der Waals surface area (Å²) in [5.74, 6) is -1.21. The Morgan fingerprint density at radius 3 is 2.50 bits per heavy atom. The number of rotatable bonds is 8. The molecule has 22 heavy (non-hydrogen) atoms. The number of likely N-dealkylation sites (N-methyl/N-ethyl adjacent to an activating group) is 1. The molecule has 0 spiro atoms. The molecule has 0 aliphatic heterocycles. The van der Waals surface area contributed by atoms with E-state index in [-0.39, 0.29) is 18.9 Å². The van der Waals surface area contributed by atoms with Crippen LogP contribution in [0.2, 0.25) is 0 Å². The van der Waals surface area contributed by atoms with Crippen molar-refractivity contribution in [3.8, 4) is 0 Å². The van der Waals surface area contributed by atoms with Crippen LogP contribution < -0.4 is 10.6 Å². The maximum absolute atomic E-state index is 11.6. The molecule has 0 aromatic heterocycles. The molecule has 0 bridgehead atoms. The van der Waals surface area contributed by atoms with Crippen LogP contribution in [0.25, 0.3) is 0 Å². The molecule has 0 radical (unpaired) electrons. The molecule has 120 valence electrons. The van der Waals surface area contributed by atoms with E-state index >= 15 is 0 Å². The third kappa shape index (κ3) is 6.88. The molecule has 2 amide bonds. The zero-order valence-corrected chi connectivity index (χ0v) is 12.9. The van der Waals surface area contributed by atoms with Crippen molar-refractivity contribution in [3.05, 3.63) is 35.9 Å². The monoisotopic (exact) mass is 306 g/mol. The predicted molar refractivity (Wildman–Crippen MR) is 82.0 cm³/mol. The first kappa shape index (κ1) is 17.7. The Bertz CT molecular complexity index is 502. The van der Waals surface area contributed by atoms with Crippen LogP contribution in [0.15, 0.2) is 30.3 Å². The Morgan fingerprint density at radius 1 is 1.18 bits per heavy atom. The summed E-state index contributed by atoms with van der Waals surface area (Å²) >= 11 is 0. The number of carbonyl (C=O) groups excluding carboxylic acids is 3. The second kappa shape index (κ2) is 9.55. The molecule has 1 atom stereocenters. The van der Waals surface area contributed by atoms with E-state index < -0.39 is 17.9 Å². The minimum atomic E-state index is -0.657. The van der Waals surface area contributed by atoms with Gasteiger partial charge in [-0.05, 0) is 25.8 Å². The largest absolute Gasteiger partial charge is 0.456 e. The van der Waals surface area contributed by atoms with Gasteiger partial charge in [0.05, 0.1) is 0 Å². The fourth-order valence-electron chi connectivity index (χ4n) is 1.79. The van der Waals surface area contributed by atoms with E-state index in [9.17, 15) is 14.4 Å². The first-order chi connectivity index (χ1) is 10.5. The van der Waals surface area contributed by atoms with Crippen molar-refractivity contribution in [2.24, 2.45) is 0 Å². The summed E-state index contributed by atoms with van der Waals surface area (Å²) in [5.41, 5.74) is 1.04. The molecule has 1 rings (SSSR count). The van der Waals surface area contributed by atoms with Crippen molar-refractivity contribution in [2.75, 3.05) is 13.2 Å². The van der Waals surface area contributed by atoms with Crippen molar-refractivity contribution in [1.29, 1.82) is 0 Å². The van der Waals surface area contributed by atoms with Gasteiger partial charge in [-0.15, -0.1) is 0 Å². The number of esters is 1. The van der Waals surface area contributed by atoms with Crippen molar-refractivity contribution in [2.45, 2.75) is 32.7 Å². The zero-order valence-electron chi connectivity index (χ0n) is 12.9. The SMILES string of the molecule is CCNC(=O)[C@@H](C)NC(=O)COC(=O)CCc1ccccc1. The minimum Gasteiger partial charge on any atom is -0.456 e. The lowest BCUT2D eigenvalue weighted by atomic mass is 10.1. The van der Waals surface area contributed by atoms with E-state index in [0.29, 0.717) is 13.0 Å². The molecule has 6 heteroatoms. The molecule has 0 unspecified atom stereocenters. The van der Waals surface area contributed by atoms with Crippen molar-refractivity contribution in [3.63, 3.8) is 0 Å². The van der Waals surface area contributed by atoms with Crippen LogP contribution in [0.5, 0.6) is 0 Å². The van der Waals surface area contributed by atoms with Gasteiger partial charge in [-0.3, -0.25) is 14.4 Å². The van der Waals surface area contributed by atoms with Crippen LogP contribution in [0.3, 0.4) is 0 Å². The zero-order chi connectivity index (χ0) is 16.4. The van der Waals surface area contributed by atoms with Gasteiger partial charge in [0.15, 0.2) is 6.61 Å². The fraction of sp³-hybridized carbons (Fsp3) is 0.438. The fourth-order valence-corrected chi connectivity index (χ4v) is 1.79. The average Bonchev–Trinajstić information content (AvgIpc) is 2.52. The van der Waals surface area contributed by atoms with Gasteiger partial charge in [0.2, 0.25) is 5.91 Å². The Morgan fingerprint density at radius 2 is 1.86 bits per heavy atom. The first-order valence-electron chi connectivity index (χ1n) is 7.29. The average molecular weight is 306 g/mol. The molecule has 0 heterocycles. The molecule has 0 saturated carbocycles. The maximum Gasteiger partial charge on any atom is 0.306 e. The Labute approximate surface area is 130 Å². The summed E-state index contributed by atoms with van der Waals surface area (Å²) in [4.78, 5) is 34.6. The molecule has 2 N–H and O–H groups in total. The number of aryl methyl sites for hydroxylation is 1. The summed E-state index contributed by atoms with van der Waals surface area (Å²) < 4.78 is 4.88. The number of hydrogen-bond donors (Lipinski definition) is 2. The summed E-state index contributed by atoms with van der Waals surface area (Å²) in [6.45, 7) is 3.48. The highest BCUT2D eigenvalue weighted by atomic mass is 16.5. The van der Waals surface area contributed by atoms with Crippen molar-refractivity contribution < 1.29 is 19.1 Å². The lowest BCUT2D eigenvalue weighted by Gasteiger charge is -2.13. The van der Waals surface area contributed by atoms with Crippen LogP contribution in [0.4, 0.5) is 0 Å². The standard InChI is InChI=1S/C16H22N2O4/c1-3-17-16(21)12(2)18-14(19)11-22-15(20)10-9-13-7-5-4-6-8-13/h4-8,12H,3,9-11H2,1-2H3,(H,17,21)(H,18,19)/t12-/m1/s1. The van der Waals surface area contributed by atoms with Gasteiger partial charge in [-0.1, -0.05) is 30.3 Å². The van der Waals surface area contributed by atoms with Crippen LogP contribution in [-0.4, -0.2) is 37.0 Å². The van der Waals surface area contributed by atoms with Gasteiger partial charge < -0.3 is 15.4 Å². The number of amides is 2. The normalized spacial score (nSPS) is 11.4. The maximum atomic E-state index is 11.6. The number of carbonyl (C=O) groups is 3. The molecule has 0 fully saturated rings. The molecular formula is C16H22N2O4. The Kier molecular flexibility index (Phi) is 7.67. The smallest absolute Gasteiger partial charge is 0.306 e. The van der Waals surface area contributed by atoms with Crippen LogP contribution in [0.1, 0.15) is 25.8 Å². The van der Waals surface area contributed by atoms with E-state index in [1.165, 1.54) is 0 Å². The van der Waals surface area contributed by atoms with Gasteiger partial charge in [-0.2, -0.15) is 0 Å². The first-order valence-corrected chi connectivity index (χ1v) is 7.29. The number of hydrogen-bond acceptors (Lipinski definition) is 4. The van der Waals surface area contributed by atoms with Gasteiger partial charge in [-0.25, -0.2) is 0 Å². The third-order valence-corrected chi connectivity index (χ3v) is 2.95. The lowest BCUT2D eigenvalue weighted by Crippen LogP contribution is -2.46. The number of nitrogens with one attached hydrogen (secondary N) is 2. The van der Waals surface area contributed by atoms with E-state index in [0.717, 1.165) is 5.56 Å². The second-order valence-corrected chi connectivity index (χ2v) is 4.83. The quantitative estimate of drug-likeness (QED) is 0.696. The van der Waals surface area contributed by atoms with Gasteiger partial charge in [0.25, 0.3) is 5.91 Å². The van der Waals surface area contributed by atoms with E-state index in [4.69, 9.17) is 4.74 Å². The molecule has 6 nitrogen and oxygen atoms in total. The van der Waals surface area contributed by atoms with Crippen LogP contribution in [0, 0.1) is 0 Å². The predicted octanol–water partition coefficient (Wildman–Crippen LogP) is 0.803. The third-order valence-electron chi connectivity index (χ3n) is 2.95. The molecule has 0 aliphatic carbocycles. The van der Waals surface area contributed by atoms with E-state index in [1.807, 2.05) is 30.3 Å². The van der Waals surface area contributed by atoms with Gasteiger partial charge in [0.1, 0.15) is 6.04 Å². The van der Waals surface area contributed by atoms with Gasteiger partial charge >= 0.3 is 5.97 Å². The molecule has 0 aliphatic rings. The Hall–Kier alpha value is -2.37. The lowest BCUT2D eigenvalue weighted by molar-refractivity contribution is -0.148. The van der Waals surface area contributed by atoms with E-state index in [2.05, 4.69) is 10.6 Å². The van der Waals surface area contributed by atoms with Crippen LogP contribution >= 0.6 is 0 Å². The summed E-state index contributed by atoms with van der Waals surface area (Å²) in [5, 5.41) is 5.06. The van der Waals surface area contributed by atoms with E-state index in [1.54, 1.807) is 13.8 Å². The summed E-state index contributed by atoms with van der Waals surface area (Å²) in [7, 11) is 0. The summed E-state index contributed by atoms with van der Waals surface area (Å²) in [6.07, 6.45) is 0.778. The highest BCUT2D eigenvalue weighted by molar-refractivity contribution is 5.88. The van der Waals surface area contributed by atoms with Crippen molar-refractivity contribution >= 4 is 17.8 Å². The molecule has 0 saturated heterocycles. The Balaban J connectivity index is 2.23. The molecule has 1 aromatic carbocycles.